The molecule has 1 N–H and O–H groups in total. The van der Waals surface area contributed by atoms with Crippen LogP contribution in [0.25, 0.3) is 22.2 Å². The summed E-state index contributed by atoms with van der Waals surface area (Å²) >= 11 is 0. The molecule has 2 atom stereocenters. The lowest BCUT2D eigenvalue weighted by Crippen LogP contribution is -2.42. The molecule has 1 aliphatic rings. The fourth-order valence-corrected chi connectivity index (χ4v) is 4.71. The van der Waals surface area contributed by atoms with Gasteiger partial charge in [-0.05, 0) is 37.1 Å². The number of carbonyl (C=O) groups is 2. The molecule has 0 spiro atoms. The first-order valence-corrected chi connectivity index (χ1v) is 10.7. The minimum Gasteiger partial charge on any atom is -0.467 e. The van der Waals surface area contributed by atoms with E-state index in [2.05, 4.69) is 42.2 Å². The fourth-order valence-electron chi connectivity index (χ4n) is 4.71. The van der Waals surface area contributed by atoms with Crippen molar-refractivity contribution in [2.24, 2.45) is 0 Å². The first kappa shape index (κ1) is 20.1. The van der Waals surface area contributed by atoms with Crippen molar-refractivity contribution >= 4 is 22.8 Å². The van der Waals surface area contributed by atoms with Crippen LogP contribution in [0.1, 0.15) is 40.0 Å². The van der Waals surface area contributed by atoms with Gasteiger partial charge < -0.3 is 14.6 Å². The highest BCUT2D eigenvalue weighted by Gasteiger charge is 2.44. The lowest BCUT2D eigenvalue weighted by Gasteiger charge is -2.30. The topological polar surface area (TPSA) is 62.4 Å². The molecule has 1 aromatic heterocycles. The molecule has 2 heterocycles. The number of carbonyl (C=O) groups excluding carboxylic acids is 2. The van der Waals surface area contributed by atoms with Gasteiger partial charge in [-0.1, -0.05) is 66.2 Å². The van der Waals surface area contributed by atoms with Gasteiger partial charge in [0.05, 0.1) is 18.8 Å². The van der Waals surface area contributed by atoms with Crippen LogP contribution in [0, 0.1) is 6.92 Å². The Kier molecular flexibility index (Phi) is 4.82. The van der Waals surface area contributed by atoms with Crippen LogP contribution in [0.3, 0.4) is 0 Å². The van der Waals surface area contributed by atoms with Crippen LogP contribution in [0.5, 0.6) is 0 Å². The number of amides is 1. The number of aromatic amines is 1. The number of nitrogens with zero attached hydrogens (tertiary/aromatic N) is 1. The molecule has 5 rings (SSSR count). The summed E-state index contributed by atoms with van der Waals surface area (Å²) in [6.07, 6.45) is 0. The van der Waals surface area contributed by atoms with Gasteiger partial charge in [0.25, 0.3) is 5.91 Å². The number of hydrogen-bond acceptors (Lipinski definition) is 3. The lowest BCUT2D eigenvalue weighted by atomic mass is 9.92. The maximum absolute atomic E-state index is 13.5. The van der Waals surface area contributed by atoms with Crippen LogP contribution >= 0.6 is 0 Å². The third kappa shape index (κ3) is 3.01. The standard InChI is InChI=1S/C27H24N2O3/c1-16-12-14-18(15-13-16)24-23(21-10-6-7-11-22(21)28-24)25-19-8-4-5-9-20(19)26(30)29(25)17(2)27(31)32-3/h4-15,17,25,28H,1-3H3. The molecular weight excluding hydrogens is 400 g/mol. The summed E-state index contributed by atoms with van der Waals surface area (Å²) in [7, 11) is 1.35. The van der Waals surface area contributed by atoms with Crippen molar-refractivity contribution in [3.8, 4) is 11.3 Å². The van der Waals surface area contributed by atoms with Gasteiger partial charge in [-0.3, -0.25) is 4.79 Å². The van der Waals surface area contributed by atoms with Crippen molar-refractivity contribution < 1.29 is 14.3 Å². The molecule has 5 nitrogen and oxygen atoms in total. The smallest absolute Gasteiger partial charge is 0.328 e. The molecule has 0 radical (unpaired) electrons. The summed E-state index contributed by atoms with van der Waals surface area (Å²) in [6.45, 7) is 3.78. The van der Waals surface area contributed by atoms with E-state index in [0.29, 0.717) is 5.56 Å². The van der Waals surface area contributed by atoms with E-state index in [1.165, 1.54) is 12.7 Å². The molecule has 0 saturated carbocycles. The summed E-state index contributed by atoms with van der Waals surface area (Å²) in [5, 5.41) is 1.03. The van der Waals surface area contributed by atoms with Crippen LogP contribution in [0.4, 0.5) is 0 Å². The molecule has 1 aliphatic heterocycles. The van der Waals surface area contributed by atoms with Crippen molar-refractivity contribution in [2.45, 2.75) is 25.9 Å². The van der Waals surface area contributed by atoms with Crippen molar-refractivity contribution in [2.75, 3.05) is 7.11 Å². The molecular formula is C27H24N2O3. The zero-order chi connectivity index (χ0) is 22.4. The Hall–Kier alpha value is -3.86. The summed E-state index contributed by atoms with van der Waals surface area (Å²) in [5.41, 5.74) is 6.64. The van der Waals surface area contributed by atoms with Crippen molar-refractivity contribution in [3.63, 3.8) is 0 Å². The second-order valence-electron chi connectivity index (χ2n) is 8.23. The van der Waals surface area contributed by atoms with E-state index >= 15 is 0 Å². The van der Waals surface area contributed by atoms with E-state index in [0.717, 1.165) is 33.3 Å². The zero-order valence-electron chi connectivity index (χ0n) is 18.3. The second-order valence-corrected chi connectivity index (χ2v) is 8.23. The number of ether oxygens (including phenoxy) is 1. The Labute approximate surface area is 186 Å². The second kappa shape index (κ2) is 7.68. The molecule has 2 unspecified atom stereocenters. The Balaban J connectivity index is 1.81. The summed E-state index contributed by atoms with van der Waals surface area (Å²) in [6, 6.07) is 22.9. The van der Waals surface area contributed by atoms with E-state index < -0.39 is 18.1 Å². The highest BCUT2D eigenvalue weighted by Crippen LogP contribution is 2.46. The highest BCUT2D eigenvalue weighted by atomic mass is 16.5. The lowest BCUT2D eigenvalue weighted by molar-refractivity contribution is -0.145. The van der Waals surface area contributed by atoms with E-state index in [-0.39, 0.29) is 5.91 Å². The van der Waals surface area contributed by atoms with Crippen LogP contribution < -0.4 is 0 Å². The molecule has 0 saturated heterocycles. The monoisotopic (exact) mass is 424 g/mol. The van der Waals surface area contributed by atoms with E-state index in [9.17, 15) is 9.59 Å². The van der Waals surface area contributed by atoms with Gasteiger partial charge in [0, 0.05) is 22.0 Å². The average molecular weight is 425 g/mol. The minimum absolute atomic E-state index is 0.163. The molecule has 4 aromatic rings. The molecule has 5 heteroatoms. The molecule has 1 amide bonds. The Morgan fingerprint density at radius 2 is 1.69 bits per heavy atom. The third-order valence-electron chi connectivity index (χ3n) is 6.32. The number of hydrogen-bond donors (Lipinski definition) is 1. The van der Waals surface area contributed by atoms with Crippen LogP contribution in [0.15, 0.2) is 72.8 Å². The zero-order valence-corrected chi connectivity index (χ0v) is 18.3. The summed E-state index contributed by atoms with van der Waals surface area (Å²) in [4.78, 5) is 31.3. The van der Waals surface area contributed by atoms with Gasteiger partial charge >= 0.3 is 5.97 Å². The van der Waals surface area contributed by atoms with Gasteiger partial charge in [0.1, 0.15) is 6.04 Å². The maximum Gasteiger partial charge on any atom is 0.328 e. The first-order valence-electron chi connectivity index (χ1n) is 10.7. The third-order valence-corrected chi connectivity index (χ3v) is 6.32. The molecule has 0 fully saturated rings. The molecule has 3 aromatic carbocycles. The van der Waals surface area contributed by atoms with Gasteiger partial charge in [-0.25, -0.2) is 4.79 Å². The van der Waals surface area contributed by atoms with Gasteiger partial charge in [-0.2, -0.15) is 0 Å². The quantitative estimate of drug-likeness (QED) is 0.455. The summed E-state index contributed by atoms with van der Waals surface area (Å²) < 4.78 is 5.01. The van der Waals surface area contributed by atoms with Gasteiger partial charge in [0.2, 0.25) is 0 Å². The predicted molar refractivity (Wildman–Crippen MR) is 124 cm³/mol. The Bertz CT molecular complexity index is 1340. The average Bonchev–Trinajstić information content (AvgIpc) is 3.34. The minimum atomic E-state index is -0.732. The number of benzene rings is 3. The van der Waals surface area contributed by atoms with Crippen molar-refractivity contribution in [3.05, 3.63) is 95.1 Å². The first-order chi connectivity index (χ1) is 15.5. The maximum atomic E-state index is 13.5. The van der Waals surface area contributed by atoms with E-state index in [1.807, 2.05) is 42.5 Å². The molecule has 32 heavy (non-hydrogen) atoms. The van der Waals surface area contributed by atoms with Crippen LogP contribution in [-0.4, -0.2) is 34.9 Å². The van der Waals surface area contributed by atoms with E-state index in [1.54, 1.807) is 11.8 Å². The molecule has 0 bridgehead atoms. The van der Waals surface area contributed by atoms with E-state index in [4.69, 9.17) is 4.74 Å². The van der Waals surface area contributed by atoms with Gasteiger partial charge in [0.15, 0.2) is 0 Å². The number of H-pyrrole nitrogens is 1. The summed E-state index contributed by atoms with van der Waals surface area (Å²) in [5.74, 6) is -0.600. The van der Waals surface area contributed by atoms with Crippen LogP contribution in [-0.2, 0) is 9.53 Å². The molecule has 160 valence electrons. The number of nitrogens with one attached hydrogen (secondary N) is 1. The Morgan fingerprint density at radius 3 is 2.44 bits per heavy atom. The highest BCUT2D eigenvalue weighted by molar-refractivity contribution is 6.03. The van der Waals surface area contributed by atoms with Crippen molar-refractivity contribution in [1.82, 2.24) is 9.88 Å². The number of para-hydroxylation sites is 1. The van der Waals surface area contributed by atoms with Crippen LogP contribution in [0.2, 0.25) is 0 Å². The Morgan fingerprint density at radius 1 is 1.00 bits per heavy atom. The normalized spacial score (nSPS) is 16.3. The number of fused-ring (bicyclic) bond motifs is 2. The number of esters is 1. The number of methoxy groups -OCH3 is 1. The van der Waals surface area contributed by atoms with Crippen molar-refractivity contribution in [1.29, 1.82) is 0 Å². The predicted octanol–water partition coefficient (Wildman–Crippen LogP) is 5.25. The van der Waals surface area contributed by atoms with Gasteiger partial charge in [-0.15, -0.1) is 0 Å². The number of aryl methyl sites for hydroxylation is 1. The fraction of sp³-hybridized carbons (Fsp3) is 0.185. The SMILES string of the molecule is COC(=O)C(C)N1C(=O)c2ccccc2C1c1c(-c2ccc(C)cc2)[nH]c2ccccc12. The number of rotatable bonds is 4. The largest absolute Gasteiger partial charge is 0.467 e. The molecule has 0 aliphatic carbocycles. The number of aromatic nitrogens is 1.